The van der Waals surface area contributed by atoms with Gasteiger partial charge in [-0.25, -0.2) is 14.7 Å². The Kier molecular flexibility index (Phi) is 31.2. The van der Waals surface area contributed by atoms with Crippen LogP contribution in [0.1, 0.15) is 137 Å². The lowest BCUT2D eigenvalue weighted by molar-refractivity contribution is -0.174. The smallest absolute Gasteiger partial charge is 0.410 e. The molecule has 5 fully saturated rings. The summed E-state index contributed by atoms with van der Waals surface area (Å²) in [5.74, 6) is 4.30. The molecule has 5 aliphatic rings. The lowest BCUT2D eigenvalue weighted by Gasteiger charge is -2.34. The summed E-state index contributed by atoms with van der Waals surface area (Å²) in [7, 11) is 9.52. The van der Waals surface area contributed by atoms with Gasteiger partial charge in [-0.05, 0) is 179 Å². The van der Waals surface area contributed by atoms with E-state index in [0.29, 0.717) is 37.5 Å². The molecule has 0 spiro atoms. The standard InChI is InChI=1S/C18H25NO4.C17H23NO2.C13H24N2O4.C13H17NO2.C7H7BrO.ClH/c1-18(2,3)23-17(21)19-10-6-8-14(12-19)16(20)13-7-5-9-15(11-13)22-4;1-20-16-6-2-4-14(10-16)17(19)15-5-3-9-18(12-15)11-13-7-8-13;1-13(2,3)19-12(17)15-8-6-7-10(9-15)11(16)14(4)18-5;1-16-12-6-2-4-10(8-12)13(15)11-5-3-7-14-9-11;1-9-7-4-2-3-6(8)5-7;/h5,7,9,11,14H,6,8,10,12H2,1-4H3;2,4,6,10,13,15H,3,5,7-9,11-12H2,1H3;10H,6-9H2,1-5H3;2,4,6,8,11,14H,3,5,7,9H2,1H3;2-5H,1H3;1H. The van der Waals surface area contributed by atoms with Gasteiger partial charge < -0.3 is 48.4 Å². The number of methoxy groups -OCH3 is 4. The van der Waals surface area contributed by atoms with E-state index in [1.165, 1.54) is 38.1 Å². The molecule has 20 heteroatoms. The van der Waals surface area contributed by atoms with Crippen molar-refractivity contribution in [2.45, 2.75) is 117 Å². The van der Waals surface area contributed by atoms with E-state index in [1.54, 1.807) is 63.5 Å². The minimum atomic E-state index is -0.527. The first-order valence-electron chi connectivity index (χ1n) is 30.5. The van der Waals surface area contributed by atoms with Gasteiger partial charge in [0.15, 0.2) is 17.3 Å². The van der Waals surface area contributed by atoms with Crippen LogP contribution >= 0.6 is 28.3 Å². The molecule has 4 unspecified atom stereocenters. The number of benzene rings is 4. The molecule has 4 aromatic rings. The number of rotatable bonds is 14. The van der Waals surface area contributed by atoms with E-state index in [4.69, 9.17) is 33.3 Å². The number of ether oxygens (including phenoxy) is 6. The molecule has 0 bridgehead atoms. The van der Waals surface area contributed by atoms with Gasteiger partial charge in [-0.2, -0.15) is 0 Å². The number of hydrogen-bond donors (Lipinski definition) is 1. The Balaban J connectivity index is 0.000000240. The minimum Gasteiger partial charge on any atom is -0.497 e. The molecule has 4 heterocycles. The average molecular weight is 1310 g/mol. The molecule has 88 heavy (non-hydrogen) atoms. The van der Waals surface area contributed by atoms with Crippen LogP contribution < -0.4 is 24.3 Å². The maximum Gasteiger partial charge on any atom is 0.410 e. The first-order valence-corrected chi connectivity index (χ1v) is 31.3. The van der Waals surface area contributed by atoms with Crippen LogP contribution in [0.4, 0.5) is 9.59 Å². The zero-order valence-corrected chi connectivity index (χ0v) is 56.3. The maximum atomic E-state index is 12.7. The highest BCUT2D eigenvalue weighted by Crippen LogP contribution is 2.32. The maximum absolute atomic E-state index is 12.7. The van der Waals surface area contributed by atoms with Gasteiger partial charge in [0.1, 0.15) is 34.2 Å². The van der Waals surface area contributed by atoms with E-state index in [0.717, 1.165) is 110 Å². The Morgan fingerprint density at radius 3 is 1.32 bits per heavy atom. The number of amides is 3. The first kappa shape index (κ1) is 74.2. The SMILES string of the molecule is CON(C)C(=O)C1CCCN(C(=O)OC(C)(C)C)C1.COc1cccc(Br)c1.COc1cccc(C(=O)C2CCCN(C(=O)OC(C)(C)C)C2)c1.COc1cccc(C(=O)C2CCCN(CC3CC3)C2)c1.COc1cccc(C(=O)C2CCCNC2)c1.Cl. The number of Topliss-reactive ketones (excluding diaryl/α,β-unsaturated/α-hetero) is 3. The third-order valence-corrected chi connectivity index (χ3v) is 15.8. The Bertz CT molecular complexity index is 2840. The second-order valence-electron chi connectivity index (χ2n) is 24.6. The van der Waals surface area contributed by atoms with Gasteiger partial charge in [0.25, 0.3) is 5.91 Å². The highest BCUT2D eigenvalue weighted by Gasteiger charge is 2.35. The van der Waals surface area contributed by atoms with Crippen molar-refractivity contribution < 1.29 is 62.0 Å². The van der Waals surface area contributed by atoms with Crippen molar-refractivity contribution in [3.63, 3.8) is 0 Å². The van der Waals surface area contributed by atoms with Crippen LogP contribution in [0.15, 0.2) is 102 Å². The number of piperidine rings is 4. The van der Waals surface area contributed by atoms with E-state index in [9.17, 15) is 28.8 Å². The first-order chi connectivity index (χ1) is 41.4. The molecule has 0 radical (unpaired) electrons. The number of halogens is 2. The number of nitrogens with zero attached hydrogens (tertiary/aromatic N) is 4. The normalized spacial score (nSPS) is 19.1. The van der Waals surface area contributed by atoms with Gasteiger partial charge in [-0.1, -0.05) is 58.4 Å². The fourth-order valence-corrected chi connectivity index (χ4v) is 10.9. The van der Waals surface area contributed by atoms with Crippen molar-refractivity contribution in [2.75, 3.05) is 101 Å². The summed E-state index contributed by atoms with van der Waals surface area (Å²) in [6, 6.07) is 29.8. The summed E-state index contributed by atoms with van der Waals surface area (Å²) in [5, 5.41) is 4.47. The molecule has 3 amide bonds. The number of hydroxylamine groups is 2. The number of nitrogens with one attached hydrogen (secondary N) is 1. The third-order valence-electron chi connectivity index (χ3n) is 15.3. The highest BCUT2D eigenvalue weighted by molar-refractivity contribution is 9.10. The van der Waals surface area contributed by atoms with E-state index in [2.05, 4.69) is 26.1 Å². The number of hydrogen-bond acceptors (Lipinski definition) is 15. The largest absolute Gasteiger partial charge is 0.497 e. The number of carbonyl (C=O) groups excluding carboxylic acids is 6. The summed E-state index contributed by atoms with van der Waals surface area (Å²) >= 11 is 3.32. The van der Waals surface area contributed by atoms with Crippen LogP contribution in [-0.2, 0) is 19.1 Å². The Hall–Kier alpha value is -6.25. The number of likely N-dealkylation sites (tertiary alicyclic amines) is 3. The van der Waals surface area contributed by atoms with E-state index in [1.807, 2.05) is 120 Å². The molecule has 4 aliphatic heterocycles. The second-order valence-corrected chi connectivity index (χ2v) is 25.5. The highest BCUT2D eigenvalue weighted by atomic mass is 79.9. The lowest BCUT2D eigenvalue weighted by Crippen LogP contribution is -2.47. The summed E-state index contributed by atoms with van der Waals surface area (Å²) in [4.78, 5) is 84.3. The zero-order chi connectivity index (χ0) is 63.7. The van der Waals surface area contributed by atoms with Crippen LogP contribution in [0.25, 0.3) is 0 Å². The van der Waals surface area contributed by atoms with Crippen molar-refractivity contribution in [2.24, 2.45) is 29.6 Å². The third kappa shape index (κ3) is 25.7. The molecule has 4 atom stereocenters. The van der Waals surface area contributed by atoms with Gasteiger partial charge in [-0.3, -0.25) is 24.0 Å². The summed E-state index contributed by atoms with van der Waals surface area (Å²) < 4.78 is 32.2. The molecule has 4 saturated heterocycles. The Morgan fingerprint density at radius 1 is 0.523 bits per heavy atom. The van der Waals surface area contributed by atoms with Crippen molar-refractivity contribution in [1.29, 1.82) is 0 Å². The van der Waals surface area contributed by atoms with Crippen molar-refractivity contribution in [3.8, 4) is 23.0 Å². The minimum absolute atomic E-state index is 0. The fourth-order valence-electron chi connectivity index (χ4n) is 10.5. The van der Waals surface area contributed by atoms with Gasteiger partial charge in [-0.15, -0.1) is 12.4 Å². The quantitative estimate of drug-likeness (QED) is 0.0925. The van der Waals surface area contributed by atoms with Gasteiger partial charge in [0.2, 0.25) is 0 Å². The number of ketones is 3. The van der Waals surface area contributed by atoms with Gasteiger partial charge in [0.05, 0.1) is 41.5 Å². The monoisotopic (exact) mass is 1310 g/mol. The second kappa shape index (κ2) is 37.0. The van der Waals surface area contributed by atoms with Crippen molar-refractivity contribution in [1.82, 2.24) is 25.1 Å². The van der Waals surface area contributed by atoms with Crippen LogP contribution in [0.3, 0.4) is 0 Å². The lowest BCUT2D eigenvalue weighted by atomic mass is 9.90. The molecule has 1 saturated carbocycles. The molecule has 4 aromatic carbocycles. The molecule has 486 valence electrons. The Labute approximate surface area is 537 Å². The summed E-state index contributed by atoms with van der Waals surface area (Å²) in [6.07, 6.45) is 9.46. The van der Waals surface area contributed by atoms with Gasteiger partial charge >= 0.3 is 12.2 Å². The van der Waals surface area contributed by atoms with E-state index >= 15 is 0 Å². The van der Waals surface area contributed by atoms with Crippen LogP contribution in [-0.4, -0.2) is 168 Å². The number of carbonyl (C=O) groups is 6. The van der Waals surface area contributed by atoms with Crippen LogP contribution in [0, 0.1) is 29.6 Å². The topological polar surface area (TPSA) is 192 Å². The molecule has 18 nitrogen and oxygen atoms in total. The van der Waals surface area contributed by atoms with Crippen molar-refractivity contribution in [3.05, 3.63) is 118 Å². The van der Waals surface area contributed by atoms with Gasteiger partial charge in [0, 0.05) is 91.8 Å². The average Bonchev–Trinajstić information content (AvgIpc) is 4.52. The molecular formula is C68H97BrClN5O13. The Morgan fingerprint density at radius 2 is 0.920 bits per heavy atom. The molecule has 1 N–H and O–H groups in total. The summed E-state index contributed by atoms with van der Waals surface area (Å²) in [5.41, 5.74) is 1.13. The van der Waals surface area contributed by atoms with E-state index < -0.39 is 11.2 Å². The molecule has 9 rings (SSSR count). The fraction of sp³-hybridized carbons (Fsp3) is 0.559. The molecule has 0 aromatic heterocycles. The van der Waals surface area contributed by atoms with Crippen LogP contribution in [0.5, 0.6) is 23.0 Å². The summed E-state index contributed by atoms with van der Waals surface area (Å²) in [6.45, 7) is 18.2. The predicted octanol–water partition coefficient (Wildman–Crippen LogP) is 12.9. The molecular weight excluding hydrogens is 1210 g/mol. The molecule has 1 aliphatic carbocycles. The predicted molar refractivity (Wildman–Crippen MR) is 348 cm³/mol. The van der Waals surface area contributed by atoms with E-state index in [-0.39, 0.29) is 71.5 Å². The van der Waals surface area contributed by atoms with Crippen molar-refractivity contribution >= 4 is 63.8 Å². The van der Waals surface area contributed by atoms with Crippen LogP contribution in [0.2, 0.25) is 0 Å². The zero-order valence-electron chi connectivity index (χ0n) is 53.9.